The van der Waals surface area contributed by atoms with Crippen LogP contribution in [0.15, 0.2) is 47.5 Å². The maximum absolute atomic E-state index is 5.61. The highest BCUT2D eigenvalue weighted by Crippen LogP contribution is 2.16. The number of nitrogen functional groups attached to an aromatic ring is 1. The molecule has 0 aliphatic carbocycles. The Bertz CT molecular complexity index is 468. The number of nitrogens with zero attached hydrogens (tertiary/aromatic N) is 1. The van der Waals surface area contributed by atoms with Gasteiger partial charge >= 0.3 is 0 Å². The summed E-state index contributed by atoms with van der Waals surface area (Å²) in [5.41, 5.74) is 7.55. The van der Waals surface area contributed by atoms with Crippen molar-refractivity contribution in [2.75, 3.05) is 11.1 Å². The first-order chi connectivity index (χ1) is 7.75. The molecule has 82 valence electrons. The van der Waals surface area contributed by atoms with Crippen LogP contribution in [0.5, 0.6) is 0 Å². The van der Waals surface area contributed by atoms with E-state index in [1.165, 1.54) is 0 Å². The summed E-state index contributed by atoms with van der Waals surface area (Å²) < 4.78 is 0. The molecule has 0 spiro atoms. The van der Waals surface area contributed by atoms with Crippen LogP contribution in [0.3, 0.4) is 0 Å². The van der Waals surface area contributed by atoms with E-state index in [1.807, 2.05) is 36.4 Å². The van der Waals surface area contributed by atoms with Crippen LogP contribution in [0, 0.1) is 0 Å². The molecule has 0 unspecified atom stereocenters. The summed E-state index contributed by atoms with van der Waals surface area (Å²) in [4.78, 5) is 5.04. The average molecular weight is 231 g/mol. The molecule has 16 heavy (non-hydrogen) atoms. The molecule has 3 N–H and O–H groups in total. The predicted octanol–water partition coefficient (Wildman–Crippen LogP) is 2.56. The number of benzene rings is 1. The van der Waals surface area contributed by atoms with Gasteiger partial charge in [0.15, 0.2) is 0 Å². The van der Waals surface area contributed by atoms with E-state index in [0.29, 0.717) is 6.54 Å². The Labute approximate surface area is 100 Å². The summed E-state index contributed by atoms with van der Waals surface area (Å²) in [6, 6.07) is 11.5. The number of nitrogens with one attached hydrogen (secondary N) is 1. The van der Waals surface area contributed by atoms with Crippen LogP contribution < -0.4 is 11.1 Å². The molecule has 1 heterocycles. The van der Waals surface area contributed by atoms with Gasteiger partial charge in [-0.3, -0.25) is 0 Å². The van der Waals surface area contributed by atoms with E-state index in [9.17, 15) is 0 Å². The van der Waals surface area contributed by atoms with Crippen LogP contribution in [0.2, 0.25) is 0 Å². The first-order valence-corrected chi connectivity index (χ1v) is 5.43. The van der Waals surface area contributed by atoms with E-state index in [1.54, 1.807) is 6.20 Å². The molecule has 4 heteroatoms. The van der Waals surface area contributed by atoms with Crippen LogP contribution in [0.4, 0.5) is 11.5 Å². The van der Waals surface area contributed by atoms with Crippen LogP contribution in [-0.4, -0.2) is 4.98 Å². The fourth-order valence-corrected chi connectivity index (χ4v) is 1.58. The first-order valence-electron chi connectivity index (χ1n) is 4.98. The first kappa shape index (κ1) is 10.8. The van der Waals surface area contributed by atoms with Gasteiger partial charge in [-0.05, 0) is 29.8 Å². The van der Waals surface area contributed by atoms with Gasteiger partial charge in [0.1, 0.15) is 5.82 Å². The lowest BCUT2D eigenvalue weighted by Gasteiger charge is -2.07. The third-order valence-corrected chi connectivity index (χ3v) is 2.59. The minimum absolute atomic E-state index is 0.713. The molecule has 0 radical (unpaired) electrons. The Kier molecular flexibility index (Phi) is 3.31. The third kappa shape index (κ3) is 2.67. The van der Waals surface area contributed by atoms with E-state index >= 15 is 0 Å². The number of pyridine rings is 1. The van der Waals surface area contributed by atoms with E-state index in [2.05, 4.69) is 22.9 Å². The number of hydrogen-bond donors (Lipinski definition) is 3. The van der Waals surface area contributed by atoms with Gasteiger partial charge in [0.2, 0.25) is 0 Å². The molecular weight excluding hydrogens is 218 g/mol. The molecule has 0 saturated carbocycles. The van der Waals surface area contributed by atoms with Crippen molar-refractivity contribution in [1.82, 2.24) is 4.98 Å². The Morgan fingerprint density at radius 3 is 2.62 bits per heavy atom. The van der Waals surface area contributed by atoms with Crippen LogP contribution >= 0.6 is 12.6 Å². The van der Waals surface area contributed by atoms with E-state index in [4.69, 9.17) is 5.73 Å². The van der Waals surface area contributed by atoms with Crippen molar-refractivity contribution in [2.24, 2.45) is 0 Å². The van der Waals surface area contributed by atoms with Crippen molar-refractivity contribution in [3.63, 3.8) is 0 Å². The molecule has 1 aromatic heterocycles. The smallest absolute Gasteiger partial charge is 0.139 e. The molecule has 0 atom stereocenters. The zero-order valence-electron chi connectivity index (χ0n) is 8.72. The standard InChI is InChI=1S/C12H13N3S/c13-10-5-3-9(4-6-10)8-15-12-11(16)2-1-7-14-12/h1-7,16H,8,13H2,(H,14,15). The highest BCUT2D eigenvalue weighted by molar-refractivity contribution is 7.80. The van der Waals surface area contributed by atoms with Gasteiger partial charge in [0.25, 0.3) is 0 Å². The van der Waals surface area contributed by atoms with Crippen molar-refractivity contribution in [3.8, 4) is 0 Å². The molecule has 1 aromatic carbocycles. The van der Waals surface area contributed by atoms with Crippen LogP contribution in [-0.2, 0) is 6.54 Å². The Morgan fingerprint density at radius 2 is 1.94 bits per heavy atom. The van der Waals surface area contributed by atoms with Gasteiger partial charge in [0.05, 0.1) is 0 Å². The molecule has 0 saturated heterocycles. The number of anilines is 2. The predicted molar refractivity (Wildman–Crippen MR) is 69.7 cm³/mol. The van der Waals surface area contributed by atoms with Gasteiger partial charge in [-0.2, -0.15) is 0 Å². The summed E-state index contributed by atoms with van der Waals surface area (Å²) in [6.45, 7) is 0.713. The van der Waals surface area contributed by atoms with E-state index in [-0.39, 0.29) is 0 Å². The Hall–Kier alpha value is -1.68. The SMILES string of the molecule is Nc1ccc(CNc2ncccc2S)cc1. The van der Waals surface area contributed by atoms with Crippen molar-refractivity contribution in [1.29, 1.82) is 0 Å². The second kappa shape index (κ2) is 4.90. The number of hydrogen-bond acceptors (Lipinski definition) is 4. The van der Waals surface area contributed by atoms with Gasteiger partial charge < -0.3 is 11.1 Å². The lowest BCUT2D eigenvalue weighted by atomic mass is 10.2. The minimum atomic E-state index is 0.713. The number of rotatable bonds is 3. The molecule has 2 rings (SSSR count). The average Bonchev–Trinajstić information content (AvgIpc) is 2.30. The van der Waals surface area contributed by atoms with Crippen molar-refractivity contribution < 1.29 is 0 Å². The summed E-state index contributed by atoms with van der Waals surface area (Å²) in [7, 11) is 0. The lowest BCUT2D eigenvalue weighted by Crippen LogP contribution is -2.01. The van der Waals surface area contributed by atoms with Crippen LogP contribution in [0.25, 0.3) is 0 Å². The number of nitrogens with two attached hydrogens (primary N) is 1. The topological polar surface area (TPSA) is 50.9 Å². The quantitative estimate of drug-likeness (QED) is 0.562. The number of thiol groups is 1. The molecule has 3 nitrogen and oxygen atoms in total. The monoisotopic (exact) mass is 231 g/mol. The Morgan fingerprint density at radius 1 is 1.19 bits per heavy atom. The van der Waals surface area contributed by atoms with Crippen molar-refractivity contribution >= 4 is 24.1 Å². The van der Waals surface area contributed by atoms with Crippen molar-refractivity contribution in [3.05, 3.63) is 48.2 Å². The zero-order valence-corrected chi connectivity index (χ0v) is 9.61. The van der Waals surface area contributed by atoms with Gasteiger partial charge in [0, 0.05) is 23.3 Å². The van der Waals surface area contributed by atoms with Crippen molar-refractivity contribution in [2.45, 2.75) is 11.4 Å². The van der Waals surface area contributed by atoms with Gasteiger partial charge in [-0.15, -0.1) is 12.6 Å². The molecule has 0 amide bonds. The normalized spacial score (nSPS) is 10.1. The van der Waals surface area contributed by atoms with Gasteiger partial charge in [-0.1, -0.05) is 12.1 Å². The number of aromatic nitrogens is 1. The summed E-state index contributed by atoms with van der Waals surface area (Å²) in [5.74, 6) is 0.794. The minimum Gasteiger partial charge on any atom is -0.399 e. The van der Waals surface area contributed by atoms with E-state index in [0.717, 1.165) is 22.0 Å². The fraction of sp³-hybridized carbons (Fsp3) is 0.0833. The second-order valence-electron chi connectivity index (χ2n) is 3.47. The lowest BCUT2D eigenvalue weighted by molar-refractivity contribution is 1.08. The Balaban J connectivity index is 2.02. The highest BCUT2D eigenvalue weighted by Gasteiger charge is 1.98. The maximum atomic E-state index is 5.61. The van der Waals surface area contributed by atoms with Gasteiger partial charge in [-0.25, -0.2) is 4.98 Å². The summed E-state index contributed by atoms with van der Waals surface area (Å²) in [6.07, 6.45) is 1.74. The maximum Gasteiger partial charge on any atom is 0.139 e. The van der Waals surface area contributed by atoms with Crippen LogP contribution in [0.1, 0.15) is 5.56 Å². The molecule has 0 aliphatic heterocycles. The summed E-state index contributed by atoms with van der Waals surface area (Å²) in [5, 5.41) is 3.22. The molecule has 2 aromatic rings. The molecule has 0 aliphatic rings. The second-order valence-corrected chi connectivity index (χ2v) is 3.95. The molecule has 0 fully saturated rings. The largest absolute Gasteiger partial charge is 0.399 e. The third-order valence-electron chi connectivity index (χ3n) is 2.23. The van der Waals surface area contributed by atoms with E-state index < -0.39 is 0 Å². The molecule has 0 bridgehead atoms. The summed E-state index contributed by atoms with van der Waals surface area (Å²) >= 11 is 4.32. The fourth-order valence-electron chi connectivity index (χ4n) is 1.35. The zero-order chi connectivity index (χ0) is 11.4. The molecular formula is C12H13N3S. The highest BCUT2D eigenvalue weighted by atomic mass is 32.1.